The number of alkyl halides is 1. The lowest BCUT2D eigenvalue weighted by Crippen LogP contribution is -1.86. The predicted octanol–water partition coefficient (Wildman–Crippen LogP) is 3.86. The molecule has 1 aromatic heterocycles. The molecule has 2 rings (SSSR count). The molecule has 0 amide bonds. The van der Waals surface area contributed by atoms with Crippen LogP contribution in [0.1, 0.15) is 24.1 Å². The highest BCUT2D eigenvalue weighted by molar-refractivity contribution is 9.09. The smallest absolute Gasteiger partial charge is 0.248 e. The molecule has 0 saturated heterocycles. The van der Waals surface area contributed by atoms with Crippen LogP contribution in [0.4, 0.5) is 8.78 Å². The number of aromatic nitrogens is 2. The van der Waals surface area contributed by atoms with E-state index < -0.39 is 11.6 Å². The third-order valence-corrected chi connectivity index (χ3v) is 3.22. The van der Waals surface area contributed by atoms with Crippen molar-refractivity contribution in [2.24, 2.45) is 0 Å². The molecule has 90 valence electrons. The standard InChI is InChI=1S/C11H9BrF2N2O/c1-2-9(12)11-16-15-10(17-11)6-3-7(13)5-8(14)4-6/h3-5,9H,2H2,1H3. The molecule has 0 saturated carbocycles. The van der Waals surface area contributed by atoms with Crippen molar-refractivity contribution in [1.29, 1.82) is 0 Å². The molecule has 3 nitrogen and oxygen atoms in total. The van der Waals surface area contributed by atoms with Gasteiger partial charge in [0.15, 0.2) is 0 Å². The zero-order valence-electron chi connectivity index (χ0n) is 8.95. The Morgan fingerprint density at radius 3 is 2.47 bits per heavy atom. The van der Waals surface area contributed by atoms with E-state index in [9.17, 15) is 8.78 Å². The lowest BCUT2D eigenvalue weighted by molar-refractivity contribution is 0.499. The molecule has 17 heavy (non-hydrogen) atoms. The number of halogens is 3. The van der Waals surface area contributed by atoms with Crippen LogP contribution >= 0.6 is 15.9 Å². The Morgan fingerprint density at radius 2 is 1.88 bits per heavy atom. The predicted molar refractivity (Wildman–Crippen MR) is 61.6 cm³/mol. The van der Waals surface area contributed by atoms with E-state index in [0.717, 1.165) is 24.6 Å². The first-order chi connectivity index (χ1) is 8.10. The Balaban J connectivity index is 2.36. The first kappa shape index (κ1) is 12.2. The van der Waals surface area contributed by atoms with Gasteiger partial charge in [0.25, 0.3) is 0 Å². The lowest BCUT2D eigenvalue weighted by atomic mass is 10.2. The van der Waals surface area contributed by atoms with Crippen LogP contribution in [0.15, 0.2) is 22.6 Å². The van der Waals surface area contributed by atoms with E-state index in [2.05, 4.69) is 26.1 Å². The van der Waals surface area contributed by atoms with Crippen LogP contribution in [0.3, 0.4) is 0 Å². The maximum absolute atomic E-state index is 13.0. The van der Waals surface area contributed by atoms with Crippen LogP contribution < -0.4 is 0 Å². The summed E-state index contributed by atoms with van der Waals surface area (Å²) >= 11 is 3.36. The largest absolute Gasteiger partial charge is 0.419 e. The monoisotopic (exact) mass is 302 g/mol. The Labute approximate surface area is 105 Å². The summed E-state index contributed by atoms with van der Waals surface area (Å²) in [6.45, 7) is 1.95. The molecule has 1 heterocycles. The van der Waals surface area contributed by atoms with E-state index in [0.29, 0.717) is 5.89 Å². The molecule has 0 aliphatic rings. The van der Waals surface area contributed by atoms with Crippen molar-refractivity contribution in [3.8, 4) is 11.5 Å². The molecule has 6 heteroatoms. The lowest BCUT2D eigenvalue weighted by Gasteiger charge is -1.98. The molecule has 1 unspecified atom stereocenters. The Morgan fingerprint density at radius 1 is 1.24 bits per heavy atom. The quantitative estimate of drug-likeness (QED) is 0.808. The minimum atomic E-state index is -0.675. The zero-order chi connectivity index (χ0) is 12.4. The molecule has 0 spiro atoms. The van der Waals surface area contributed by atoms with Crippen molar-refractivity contribution in [1.82, 2.24) is 10.2 Å². The van der Waals surface area contributed by atoms with Crippen molar-refractivity contribution >= 4 is 15.9 Å². The van der Waals surface area contributed by atoms with Gasteiger partial charge in [0.2, 0.25) is 11.8 Å². The van der Waals surface area contributed by atoms with Crippen LogP contribution in [0.25, 0.3) is 11.5 Å². The summed E-state index contributed by atoms with van der Waals surface area (Å²) < 4.78 is 31.3. The fourth-order valence-electron chi connectivity index (χ4n) is 1.33. The van der Waals surface area contributed by atoms with Gasteiger partial charge in [0, 0.05) is 11.6 Å². The molecular formula is C11H9BrF2N2O. The second kappa shape index (κ2) is 4.91. The van der Waals surface area contributed by atoms with E-state index in [4.69, 9.17) is 4.42 Å². The molecule has 1 aromatic carbocycles. The Kier molecular flexibility index (Phi) is 3.51. The average molecular weight is 303 g/mol. The van der Waals surface area contributed by atoms with Crippen molar-refractivity contribution < 1.29 is 13.2 Å². The van der Waals surface area contributed by atoms with Crippen molar-refractivity contribution in [2.75, 3.05) is 0 Å². The summed E-state index contributed by atoms with van der Waals surface area (Å²) in [6.07, 6.45) is 0.777. The average Bonchev–Trinajstić information content (AvgIpc) is 2.76. The van der Waals surface area contributed by atoms with Gasteiger partial charge in [-0.2, -0.15) is 0 Å². The van der Waals surface area contributed by atoms with Gasteiger partial charge in [0.1, 0.15) is 11.6 Å². The van der Waals surface area contributed by atoms with Gasteiger partial charge in [-0.3, -0.25) is 0 Å². The Bertz CT molecular complexity index is 510. The maximum atomic E-state index is 13.0. The van der Waals surface area contributed by atoms with Gasteiger partial charge in [0.05, 0.1) is 4.83 Å². The van der Waals surface area contributed by atoms with Crippen LogP contribution in [0, 0.1) is 11.6 Å². The summed E-state index contributed by atoms with van der Waals surface area (Å²) in [7, 11) is 0. The molecule has 0 bridgehead atoms. The minimum Gasteiger partial charge on any atom is -0.419 e. The summed E-state index contributed by atoms with van der Waals surface area (Å²) in [5, 5.41) is 7.57. The molecule has 0 aliphatic carbocycles. The van der Waals surface area contributed by atoms with E-state index in [1.807, 2.05) is 6.92 Å². The number of benzene rings is 1. The highest BCUT2D eigenvalue weighted by Gasteiger charge is 2.15. The van der Waals surface area contributed by atoms with Gasteiger partial charge >= 0.3 is 0 Å². The summed E-state index contributed by atoms with van der Waals surface area (Å²) in [6, 6.07) is 3.09. The normalized spacial score (nSPS) is 12.7. The molecule has 2 aromatic rings. The third-order valence-electron chi connectivity index (χ3n) is 2.18. The highest BCUT2D eigenvalue weighted by Crippen LogP contribution is 2.28. The summed E-state index contributed by atoms with van der Waals surface area (Å²) in [5.41, 5.74) is 0.233. The topological polar surface area (TPSA) is 38.9 Å². The first-order valence-electron chi connectivity index (χ1n) is 5.04. The van der Waals surface area contributed by atoms with Crippen LogP contribution in [-0.2, 0) is 0 Å². The number of rotatable bonds is 3. The maximum Gasteiger partial charge on any atom is 0.248 e. The molecule has 0 fully saturated rings. The van der Waals surface area contributed by atoms with E-state index >= 15 is 0 Å². The Hall–Kier alpha value is -1.30. The second-order valence-electron chi connectivity index (χ2n) is 3.48. The summed E-state index contributed by atoms with van der Waals surface area (Å²) in [4.78, 5) is -0.0536. The van der Waals surface area contributed by atoms with Crippen LogP contribution in [0.5, 0.6) is 0 Å². The fourth-order valence-corrected chi connectivity index (χ4v) is 1.51. The van der Waals surface area contributed by atoms with Crippen LogP contribution in [-0.4, -0.2) is 10.2 Å². The fraction of sp³-hybridized carbons (Fsp3) is 0.273. The number of nitrogens with zero attached hydrogens (tertiary/aromatic N) is 2. The van der Waals surface area contributed by atoms with Gasteiger partial charge < -0.3 is 4.42 Å². The molecule has 0 aliphatic heterocycles. The van der Waals surface area contributed by atoms with Crippen molar-refractivity contribution in [3.63, 3.8) is 0 Å². The summed E-state index contributed by atoms with van der Waals surface area (Å²) in [5.74, 6) is -0.847. The third kappa shape index (κ3) is 2.69. The van der Waals surface area contributed by atoms with Crippen LogP contribution in [0.2, 0.25) is 0 Å². The van der Waals surface area contributed by atoms with Gasteiger partial charge in [-0.05, 0) is 18.6 Å². The van der Waals surface area contributed by atoms with E-state index in [1.165, 1.54) is 0 Å². The SMILES string of the molecule is CCC(Br)c1nnc(-c2cc(F)cc(F)c2)o1. The van der Waals surface area contributed by atoms with Crippen molar-refractivity contribution in [2.45, 2.75) is 18.2 Å². The minimum absolute atomic E-state index is 0.0536. The van der Waals surface area contributed by atoms with Crippen molar-refractivity contribution in [3.05, 3.63) is 35.7 Å². The first-order valence-corrected chi connectivity index (χ1v) is 5.95. The highest BCUT2D eigenvalue weighted by atomic mass is 79.9. The van der Waals surface area contributed by atoms with Gasteiger partial charge in [-0.25, -0.2) is 8.78 Å². The van der Waals surface area contributed by atoms with E-state index in [-0.39, 0.29) is 16.3 Å². The zero-order valence-corrected chi connectivity index (χ0v) is 10.5. The van der Waals surface area contributed by atoms with Gasteiger partial charge in [-0.15, -0.1) is 10.2 Å². The van der Waals surface area contributed by atoms with E-state index in [1.54, 1.807) is 0 Å². The second-order valence-corrected chi connectivity index (χ2v) is 4.58. The molecule has 0 N–H and O–H groups in total. The molecule has 1 atom stereocenters. The number of hydrogen-bond donors (Lipinski definition) is 0. The molecule has 0 radical (unpaired) electrons. The van der Waals surface area contributed by atoms with Gasteiger partial charge in [-0.1, -0.05) is 22.9 Å². The molecular weight excluding hydrogens is 294 g/mol. The number of hydrogen-bond acceptors (Lipinski definition) is 3.